The van der Waals surface area contributed by atoms with E-state index in [2.05, 4.69) is 4.74 Å². The molecule has 0 unspecified atom stereocenters. The van der Waals surface area contributed by atoms with E-state index in [-0.39, 0.29) is 0 Å². The van der Waals surface area contributed by atoms with Crippen molar-refractivity contribution < 1.29 is 14.3 Å². The smallest absolute Gasteiger partial charge is 0.337 e. The van der Waals surface area contributed by atoms with Crippen molar-refractivity contribution in [2.24, 2.45) is 0 Å². The van der Waals surface area contributed by atoms with Crippen molar-refractivity contribution in [3.8, 4) is 11.1 Å². The zero-order valence-corrected chi connectivity index (χ0v) is 11.0. The van der Waals surface area contributed by atoms with Gasteiger partial charge >= 0.3 is 5.97 Å². The Hall–Kier alpha value is -2.13. The zero-order chi connectivity index (χ0) is 13.8. The number of benzene rings is 2. The minimum absolute atomic E-state index is 0.414. The molecule has 0 spiro atoms. The first-order chi connectivity index (χ1) is 9.15. The second-order valence-electron chi connectivity index (χ2n) is 3.93. The van der Waals surface area contributed by atoms with Crippen LogP contribution in [-0.2, 0) is 4.74 Å². The lowest BCUT2D eigenvalue weighted by Gasteiger charge is -2.07. The van der Waals surface area contributed by atoms with Crippen molar-refractivity contribution in [2.75, 3.05) is 7.11 Å². The molecule has 0 radical (unpaired) electrons. The molecule has 0 aliphatic carbocycles. The molecule has 0 saturated heterocycles. The predicted molar refractivity (Wildman–Crippen MR) is 73.6 cm³/mol. The molecule has 0 bridgehead atoms. The standard InChI is InChI=1S/C15H11ClO3/c1-19-15(18)12-6-7-14(16)13(8-12)11-4-2-10(9-17)3-5-11/h2-9H,1H3. The lowest BCUT2D eigenvalue weighted by molar-refractivity contribution is 0.0600. The minimum atomic E-state index is -0.414. The van der Waals surface area contributed by atoms with Crippen LogP contribution in [0.1, 0.15) is 20.7 Å². The topological polar surface area (TPSA) is 43.4 Å². The molecular formula is C15H11ClO3. The molecule has 96 valence electrons. The van der Waals surface area contributed by atoms with Crippen LogP contribution >= 0.6 is 11.6 Å². The molecule has 0 amide bonds. The molecule has 2 aromatic rings. The highest BCUT2D eigenvalue weighted by Gasteiger charge is 2.10. The van der Waals surface area contributed by atoms with Crippen LogP contribution in [0, 0.1) is 0 Å². The summed E-state index contributed by atoms with van der Waals surface area (Å²) in [6.45, 7) is 0. The number of carbonyl (C=O) groups excluding carboxylic acids is 2. The van der Waals surface area contributed by atoms with Crippen molar-refractivity contribution in [3.63, 3.8) is 0 Å². The van der Waals surface area contributed by atoms with E-state index in [0.29, 0.717) is 16.1 Å². The molecule has 3 nitrogen and oxygen atoms in total. The van der Waals surface area contributed by atoms with E-state index in [1.54, 1.807) is 42.5 Å². The summed E-state index contributed by atoms with van der Waals surface area (Å²) < 4.78 is 4.68. The summed E-state index contributed by atoms with van der Waals surface area (Å²) in [5.41, 5.74) is 2.58. The van der Waals surface area contributed by atoms with Crippen molar-refractivity contribution in [1.82, 2.24) is 0 Å². The van der Waals surface area contributed by atoms with E-state index in [9.17, 15) is 9.59 Å². The van der Waals surface area contributed by atoms with Gasteiger partial charge in [0.1, 0.15) is 6.29 Å². The number of hydrogen-bond acceptors (Lipinski definition) is 3. The summed E-state index contributed by atoms with van der Waals surface area (Å²) in [6, 6.07) is 11.9. The fourth-order valence-electron chi connectivity index (χ4n) is 1.73. The SMILES string of the molecule is COC(=O)c1ccc(Cl)c(-c2ccc(C=O)cc2)c1. The molecule has 2 aromatic carbocycles. The van der Waals surface area contributed by atoms with Crippen molar-refractivity contribution in [2.45, 2.75) is 0 Å². The Kier molecular flexibility index (Phi) is 3.97. The fraction of sp³-hybridized carbons (Fsp3) is 0.0667. The van der Waals surface area contributed by atoms with E-state index in [1.165, 1.54) is 7.11 Å². The molecule has 4 heteroatoms. The first-order valence-corrected chi connectivity index (χ1v) is 5.97. The van der Waals surface area contributed by atoms with E-state index >= 15 is 0 Å². The Balaban J connectivity index is 2.47. The summed E-state index contributed by atoms with van der Waals surface area (Å²) in [4.78, 5) is 22.1. The quantitative estimate of drug-likeness (QED) is 0.634. The molecule has 0 aliphatic rings. The van der Waals surface area contributed by atoms with Crippen LogP contribution in [-0.4, -0.2) is 19.4 Å². The predicted octanol–water partition coefficient (Wildman–Crippen LogP) is 3.61. The Bertz CT molecular complexity index is 618. The highest BCUT2D eigenvalue weighted by molar-refractivity contribution is 6.33. The second kappa shape index (κ2) is 5.67. The summed E-state index contributed by atoms with van der Waals surface area (Å²) in [7, 11) is 1.33. The number of methoxy groups -OCH3 is 1. The first kappa shape index (κ1) is 13.3. The molecule has 0 aliphatic heterocycles. The normalized spacial score (nSPS) is 10.0. The van der Waals surface area contributed by atoms with Crippen molar-refractivity contribution in [1.29, 1.82) is 0 Å². The number of carbonyl (C=O) groups is 2. The largest absolute Gasteiger partial charge is 0.465 e. The van der Waals surface area contributed by atoms with Gasteiger partial charge in [0, 0.05) is 16.1 Å². The zero-order valence-electron chi connectivity index (χ0n) is 10.2. The fourth-order valence-corrected chi connectivity index (χ4v) is 1.96. The van der Waals surface area contributed by atoms with Crippen molar-refractivity contribution >= 4 is 23.9 Å². The van der Waals surface area contributed by atoms with Crippen LogP contribution in [0.4, 0.5) is 0 Å². The Morgan fingerprint density at radius 1 is 1.16 bits per heavy atom. The second-order valence-corrected chi connectivity index (χ2v) is 4.33. The number of rotatable bonds is 3. The summed E-state index contributed by atoms with van der Waals surface area (Å²) >= 11 is 6.13. The van der Waals surface area contributed by atoms with Crippen LogP contribution in [0.5, 0.6) is 0 Å². The van der Waals surface area contributed by atoms with Gasteiger partial charge in [-0.05, 0) is 23.8 Å². The maximum Gasteiger partial charge on any atom is 0.337 e. The summed E-state index contributed by atoms with van der Waals surface area (Å²) in [6.07, 6.45) is 0.774. The first-order valence-electron chi connectivity index (χ1n) is 5.59. The van der Waals surface area contributed by atoms with Gasteiger partial charge in [-0.1, -0.05) is 35.9 Å². The molecule has 19 heavy (non-hydrogen) atoms. The molecule has 0 saturated carbocycles. The van der Waals surface area contributed by atoms with Gasteiger partial charge in [0.2, 0.25) is 0 Å². The monoisotopic (exact) mass is 274 g/mol. The van der Waals surface area contributed by atoms with Gasteiger partial charge in [-0.3, -0.25) is 4.79 Å². The van der Waals surface area contributed by atoms with E-state index in [0.717, 1.165) is 17.4 Å². The maximum absolute atomic E-state index is 11.5. The third-order valence-corrected chi connectivity index (χ3v) is 3.07. The van der Waals surface area contributed by atoms with Gasteiger partial charge in [-0.15, -0.1) is 0 Å². The van der Waals surface area contributed by atoms with Crippen molar-refractivity contribution in [3.05, 3.63) is 58.6 Å². The molecule has 0 aromatic heterocycles. The average molecular weight is 275 g/mol. The van der Waals surface area contributed by atoms with Crippen LogP contribution in [0.3, 0.4) is 0 Å². The van der Waals surface area contributed by atoms with Crippen LogP contribution in [0.25, 0.3) is 11.1 Å². The number of aldehydes is 1. The lowest BCUT2D eigenvalue weighted by atomic mass is 10.0. The van der Waals surface area contributed by atoms with Gasteiger partial charge < -0.3 is 4.74 Å². The summed E-state index contributed by atoms with van der Waals surface area (Å²) in [5, 5.41) is 0.534. The number of hydrogen-bond donors (Lipinski definition) is 0. The van der Waals surface area contributed by atoms with Crippen LogP contribution < -0.4 is 0 Å². The van der Waals surface area contributed by atoms with E-state index < -0.39 is 5.97 Å². The van der Waals surface area contributed by atoms with Gasteiger partial charge in [-0.2, -0.15) is 0 Å². The van der Waals surface area contributed by atoms with Crippen LogP contribution in [0.2, 0.25) is 5.02 Å². The Morgan fingerprint density at radius 3 is 2.42 bits per heavy atom. The average Bonchev–Trinajstić information content (AvgIpc) is 2.47. The highest BCUT2D eigenvalue weighted by atomic mass is 35.5. The van der Waals surface area contributed by atoms with Gasteiger partial charge in [0.15, 0.2) is 0 Å². The maximum atomic E-state index is 11.5. The molecule has 0 heterocycles. The minimum Gasteiger partial charge on any atom is -0.465 e. The van der Waals surface area contributed by atoms with E-state index in [4.69, 9.17) is 11.6 Å². The highest BCUT2D eigenvalue weighted by Crippen LogP contribution is 2.29. The van der Waals surface area contributed by atoms with Crippen LogP contribution in [0.15, 0.2) is 42.5 Å². The number of ether oxygens (including phenoxy) is 1. The lowest BCUT2D eigenvalue weighted by Crippen LogP contribution is -2.01. The number of esters is 1. The Morgan fingerprint density at radius 2 is 1.84 bits per heavy atom. The molecule has 0 N–H and O–H groups in total. The van der Waals surface area contributed by atoms with E-state index in [1.807, 2.05) is 0 Å². The summed E-state index contributed by atoms with van der Waals surface area (Å²) in [5.74, 6) is -0.414. The third kappa shape index (κ3) is 2.83. The Labute approximate surface area is 115 Å². The molecular weight excluding hydrogens is 264 g/mol. The molecule has 0 fully saturated rings. The molecule has 0 atom stereocenters. The van der Waals surface area contributed by atoms with Gasteiger partial charge in [0.05, 0.1) is 12.7 Å². The third-order valence-electron chi connectivity index (χ3n) is 2.75. The van der Waals surface area contributed by atoms with Gasteiger partial charge in [0.25, 0.3) is 0 Å². The number of halogens is 1. The van der Waals surface area contributed by atoms with Gasteiger partial charge in [-0.25, -0.2) is 4.79 Å². The molecule has 2 rings (SSSR count).